The van der Waals surface area contributed by atoms with Gasteiger partial charge in [0.2, 0.25) is 0 Å². The summed E-state index contributed by atoms with van der Waals surface area (Å²) in [6.07, 6.45) is 6.13. The van der Waals surface area contributed by atoms with Gasteiger partial charge in [0, 0.05) is 6.04 Å². The molecule has 0 spiro atoms. The Morgan fingerprint density at radius 2 is 1.71 bits per heavy atom. The molecule has 17 heavy (non-hydrogen) atoms. The van der Waals surface area contributed by atoms with Crippen LogP contribution in [0.3, 0.4) is 0 Å². The van der Waals surface area contributed by atoms with Gasteiger partial charge in [-0.3, -0.25) is 0 Å². The van der Waals surface area contributed by atoms with Crippen molar-refractivity contribution in [3.8, 4) is 0 Å². The number of aryl methyl sites for hydroxylation is 2. The van der Waals surface area contributed by atoms with Crippen molar-refractivity contribution in [3.05, 3.63) is 35.4 Å². The molecule has 0 radical (unpaired) electrons. The monoisotopic (exact) mass is 233 g/mol. The van der Waals surface area contributed by atoms with Crippen LogP contribution >= 0.6 is 0 Å². The third kappa shape index (κ3) is 5.88. The molecule has 0 amide bonds. The third-order valence-electron chi connectivity index (χ3n) is 3.28. The number of nitrogens with one attached hydrogen (secondary N) is 1. The molecular weight excluding hydrogens is 206 g/mol. The second-order valence-electron chi connectivity index (χ2n) is 4.92. The molecule has 0 aromatic heterocycles. The Bertz CT molecular complexity index is 289. The first-order chi connectivity index (χ1) is 8.26. The molecule has 0 saturated carbocycles. The molecule has 1 rings (SSSR count). The highest BCUT2D eigenvalue weighted by Crippen LogP contribution is 2.09. The van der Waals surface area contributed by atoms with E-state index in [4.69, 9.17) is 0 Å². The Morgan fingerprint density at radius 3 is 2.29 bits per heavy atom. The molecular formula is C16H27N. The molecule has 0 bridgehead atoms. The fourth-order valence-corrected chi connectivity index (χ4v) is 2.05. The Kier molecular flexibility index (Phi) is 6.95. The van der Waals surface area contributed by atoms with E-state index < -0.39 is 0 Å². The van der Waals surface area contributed by atoms with Crippen molar-refractivity contribution in [1.82, 2.24) is 5.32 Å². The number of benzene rings is 1. The smallest absolute Gasteiger partial charge is 0.00388 e. The van der Waals surface area contributed by atoms with E-state index in [-0.39, 0.29) is 0 Å². The molecule has 1 atom stereocenters. The van der Waals surface area contributed by atoms with Crippen molar-refractivity contribution >= 4 is 0 Å². The maximum absolute atomic E-state index is 3.54. The van der Waals surface area contributed by atoms with Crippen LogP contribution in [0.5, 0.6) is 0 Å². The molecule has 1 N–H and O–H groups in total. The zero-order valence-corrected chi connectivity index (χ0v) is 11.6. The van der Waals surface area contributed by atoms with Gasteiger partial charge in [-0.1, -0.05) is 38.1 Å². The Hall–Kier alpha value is -0.820. The van der Waals surface area contributed by atoms with Gasteiger partial charge in [-0.2, -0.15) is 0 Å². The van der Waals surface area contributed by atoms with Crippen LogP contribution in [0.4, 0.5) is 0 Å². The van der Waals surface area contributed by atoms with Crippen molar-refractivity contribution in [1.29, 1.82) is 0 Å². The van der Waals surface area contributed by atoms with E-state index in [0.717, 1.165) is 13.0 Å². The van der Waals surface area contributed by atoms with Gasteiger partial charge >= 0.3 is 0 Å². The lowest BCUT2D eigenvalue weighted by Crippen LogP contribution is -2.26. The summed E-state index contributed by atoms with van der Waals surface area (Å²) < 4.78 is 0. The molecule has 1 aromatic carbocycles. The van der Waals surface area contributed by atoms with E-state index in [0.29, 0.717) is 6.04 Å². The van der Waals surface area contributed by atoms with E-state index in [1.807, 2.05) is 0 Å². The van der Waals surface area contributed by atoms with Gasteiger partial charge in [-0.25, -0.2) is 0 Å². The quantitative estimate of drug-likeness (QED) is 0.716. The summed E-state index contributed by atoms with van der Waals surface area (Å²) >= 11 is 0. The first kappa shape index (κ1) is 14.2. The first-order valence-electron chi connectivity index (χ1n) is 7.07. The molecule has 1 heteroatoms. The maximum atomic E-state index is 3.54. The summed E-state index contributed by atoms with van der Waals surface area (Å²) in [5.41, 5.74) is 2.91. The molecule has 0 aliphatic rings. The van der Waals surface area contributed by atoms with Gasteiger partial charge in [0.25, 0.3) is 0 Å². The molecule has 1 nitrogen and oxygen atoms in total. The van der Waals surface area contributed by atoms with E-state index in [1.165, 1.54) is 36.8 Å². The van der Waals surface area contributed by atoms with Gasteiger partial charge in [-0.05, 0) is 56.7 Å². The lowest BCUT2D eigenvalue weighted by molar-refractivity contribution is 0.498. The molecule has 1 unspecified atom stereocenters. The third-order valence-corrected chi connectivity index (χ3v) is 3.28. The normalized spacial score (nSPS) is 12.6. The SMILES string of the molecule is CCCNC(C)CCCc1ccc(CC)cc1. The van der Waals surface area contributed by atoms with Gasteiger partial charge in [0.05, 0.1) is 0 Å². The zero-order valence-electron chi connectivity index (χ0n) is 11.6. The highest BCUT2D eigenvalue weighted by molar-refractivity contribution is 5.22. The summed E-state index contributed by atoms with van der Waals surface area (Å²) in [4.78, 5) is 0. The van der Waals surface area contributed by atoms with Crippen molar-refractivity contribution in [2.45, 2.75) is 58.9 Å². The second kappa shape index (κ2) is 8.30. The van der Waals surface area contributed by atoms with Crippen LogP contribution in [-0.4, -0.2) is 12.6 Å². The summed E-state index contributed by atoms with van der Waals surface area (Å²) in [5, 5.41) is 3.54. The average molecular weight is 233 g/mol. The molecule has 0 aliphatic heterocycles. The minimum absolute atomic E-state index is 0.657. The van der Waals surface area contributed by atoms with Crippen LogP contribution in [0.1, 0.15) is 51.2 Å². The zero-order chi connectivity index (χ0) is 12.5. The van der Waals surface area contributed by atoms with Crippen molar-refractivity contribution in [3.63, 3.8) is 0 Å². The number of hydrogen-bond acceptors (Lipinski definition) is 1. The van der Waals surface area contributed by atoms with Gasteiger partial charge in [0.15, 0.2) is 0 Å². The molecule has 1 aromatic rings. The van der Waals surface area contributed by atoms with Crippen molar-refractivity contribution in [2.24, 2.45) is 0 Å². The highest BCUT2D eigenvalue weighted by Gasteiger charge is 2.00. The molecule has 0 aliphatic carbocycles. The fraction of sp³-hybridized carbons (Fsp3) is 0.625. The minimum atomic E-state index is 0.657. The van der Waals surface area contributed by atoms with Crippen LogP contribution in [0.25, 0.3) is 0 Å². The van der Waals surface area contributed by atoms with Crippen LogP contribution < -0.4 is 5.32 Å². The number of hydrogen-bond donors (Lipinski definition) is 1. The van der Waals surface area contributed by atoms with Crippen molar-refractivity contribution in [2.75, 3.05) is 6.54 Å². The van der Waals surface area contributed by atoms with E-state index in [9.17, 15) is 0 Å². The summed E-state index contributed by atoms with van der Waals surface area (Å²) in [5.74, 6) is 0. The van der Waals surface area contributed by atoms with Crippen LogP contribution in [0, 0.1) is 0 Å². The standard InChI is InChI=1S/C16H27N/c1-4-13-17-14(3)7-6-8-16-11-9-15(5-2)10-12-16/h9-12,14,17H,4-8,13H2,1-3H3. The van der Waals surface area contributed by atoms with E-state index in [2.05, 4.69) is 50.4 Å². The summed E-state index contributed by atoms with van der Waals surface area (Å²) in [7, 11) is 0. The molecule has 96 valence electrons. The second-order valence-corrected chi connectivity index (χ2v) is 4.92. The first-order valence-corrected chi connectivity index (χ1v) is 7.07. The van der Waals surface area contributed by atoms with Gasteiger partial charge in [0.1, 0.15) is 0 Å². The lowest BCUT2D eigenvalue weighted by atomic mass is 10.0. The van der Waals surface area contributed by atoms with Crippen molar-refractivity contribution < 1.29 is 0 Å². The fourth-order valence-electron chi connectivity index (χ4n) is 2.05. The average Bonchev–Trinajstić information content (AvgIpc) is 2.37. The summed E-state index contributed by atoms with van der Waals surface area (Å²) in [6.45, 7) is 7.85. The van der Waals surface area contributed by atoms with Gasteiger partial charge < -0.3 is 5.32 Å². The minimum Gasteiger partial charge on any atom is -0.314 e. The topological polar surface area (TPSA) is 12.0 Å². The van der Waals surface area contributed by atoms with Gasteiger partial charge in [-0.15, -0.1) is 0 Å². The predicted octanol–water partition coefficient (Wildman–Crippen LogP) is 3.96. The Morgan fingerprint density at radius 1 is 1.06 bits per heavy atom. The number of rotatable bonds is 8. The van der Waals surface area contributed by atoms with Crippen LogP contribution in [-0.2, 0) is 12.8 Å². The maximum Gasteiger partial charge on any atom is 0.00388 e. The lowest BCUT2D eigenvalue weighted by Gasteiger charge is -2.12. The van der Waals surface area contributed by atoms with E-state index >= 15 is 0 Å². The molecule has 0 saturated heterocycles. The summed E-state index contributed by atoms with van der Waals surface area (Å²) in [6, 6.07) is 9.73. The molecule has 0 heterocycles. The van der Waals surface area contributed by atoms with Crippen LogP contribution in [0.15, 0.2) is 24.3 Å². The Balaban J connectivity index is 2.21. The highest BCUT2D eigenvalue weighted by atomic mass is 14.9. The molecule has 0 fully saturated rings. The Labute approximate surface area is 107 Å². The predicted molar refractivity (Wildman–Crippen MR) is 76.5 cm³/mol. The largest absolute Gasteiger partial charge is 0.314 e. The van der Waals surface area contributed by atoms with E-state index in [1.54, 1.807) is 0 Å². The van der Waals surface area contributed by atoms with Crippen LogP contribution in [0.2, 0.25) is 0 Å².